The number of likely N-dealkylation sites (tertiary alicyclic amines) is 1. The molecule has 1 heterocycles. The van der Waals surface area contributed by atoms with Gasteiger partial charge in [0.2, 0.25) is 5.91 Å². The molecule has 2 amide bonds. The normalized spacial score (nSPS) is 15.5. The Morgan fingerprint density at radius 3 is 2.73 bits per heavy atom. The number of benzene rings is 1. The molecule has 0 aliphatic carbocycles. The number of carbonyl (C=O) groups is 2. The SMILES string of the molecule is CCC(=O)N1CCC(NC(=O)COc2cccc(F)c2)CC1. The highest BCUT2D eigenvalue weighted by Gasteiger charge is 2.22. The van der Waals surface area contributed by atoms with Crippen LogP contribution in [0.1, 0.15) is 26.2 Å². The lowest BCUT2D eigenvalue weighted by Gasteiger charge is -2.32. The molecule has 0 saturated carbocycles. The summed E-state index contributed by atoms with van der Waals surface area (Å²) in [5, 5.41) is 2.89. The van der Waals surface area contributed by atoms with Crippen LogP contribution in [0.4, 0.5) is 4.39 Å². The number of nitrogens with zero attached hydrogens (tertiary/aromatic N) is 1. The van der Waals surface area contributed by atoms with Crippen molar-refractivity contribution in [2.24, 2.45) is 0 Å². The van der Waals surface area contributed by atoms with Crippen LogP contribution in [-0.4, -0.2) is 42.5 Å². The standard InChI is InChI=1S/C16H21FN2O3/c1-2-16(21)19-8-6-13(7-9-19)18-15(20)11-22-14-5-3-4-12(17)10-14/h3-5,10,13H,2,6-9,11H2,1H3,(H,18,20). The first-order valence-corrected chi connectivity index (χ1v) is 7.54. The Morgan fingerprint density at radius 2 is 2.09 bits per heavy atom. The maximum atomic E-state index is 13.0. The maximum absolute atomic E-state index is 13.0. The molecular weight excluding hydrogens is 287 g/mol. The van der Waals surface area contributed by atoms with Crippen molar-refractivity contribution in [2.75, 3.05) is 19.7 Å². The number of ether oxygens (including phenoxy) is 1. The topological polar surface area (TPSA) is 58.6 Å². The molecule has 1 aromatic rings. The average Bonchev–Trinajstić information content (AvgIpc) is 2.53. The average molecular weight is 308 g/mol. The van der Waals surface area contributed by atoms with Gasteiger partial charge >= 0.3 is 0 Å². The second kappa shape index (κ2) is 7.77. The number of amides is 2. The first kappa shape index (κ1) is 16.3. The van der Waals surface area contributed by atoms with Crippen molar-refractivity contribution in [3.8, 4) is 5.75 Å². The molecule has 120 valence electrons. The summed E-state index contributed by atoms with van der Waals surface area (Å²) in [6.07, 6.45) is 2.01. The van der Waals surface area contributed by atoms with Crippen molar-refractivity contribution >= 4 is 11.8 Å². The Hall–Kier alpha value is -2.11. The third-order valence-electron chi connectivity index (χ3n) is 3.68. The van der Waals surface area contributed by atoms with Crippen LogP contribution >= 0.6 is 0 Å². The van der Waals surface area contributed by atoms with Gasteiger partial charge in [0.15, 0.2) is 6.61 Å². The molecule has 0 atom stereocenters. The number of hydrogen-bond donors (Lipinski definition) is 1. The highest BCUT2D eigenvalue weighted by atomic mass is 19.1. The molecular formula is C16H21FN2O3. The van der Waals surface area contributed by atoms with Crippen molar-refractivity contribution in [1.82, 2.24) is 10.2 Å². The summed E-state index contributed by atoms with van der Waals surface area (Å²) in [5.41, 5.74) is 0. The molecule has 1 aromatic carbocycles. The Kier molecular flexibility index (Phi) is 5.75. The fourth-order valence-electron chi connectivity index (χ4n) is 2.47. The first-order chi connectivity index (χ1) is 10.6. The predicted molar refractivity (Wildman–Crippen MR) is 79.9 cm³/mol. The molecule has 6 heteroatoms. The van der Waals surface area contributed by atoms with Crippen molar-refractivity contribution in [2.45, 2.75) is 32.2 Å². The van der Waals surface area contributed by atoms with Gasteiger partial charge in [0.25, 0.3) is 5.91 Å². The Balaban J connectivity index is 1.71. The molecule has 0 unspecified atom stereocenters. The molecule has 0 bridgehead atoms. The minimum Gasteiger partial charge on any atom is -0.484 e. The van der Waals surface area contributed by atoms with E-state index in [0.717, 1.165) is 12.8 Å². The maximum Gasteiger partial charge on any atom is 0.258 e. The lowest BCUT2D eigenvalue weighted by molar-refractivity contribution is -0.132. The highest BCUT2D eigenvalue weighted by Crippen LogP contribution is 2.13. The van der Waals surface area contributed by atoms with Gasteiger partial charge < -0.3 is 15.0 Å². The quantitative estimate of drug-likeness (QED) is 0.901. The summed E-state index contributed by atoms with van der Waals surface area (Å²) in [7, 11) is 0. The zero-order valence-electron chi connectivity index (χ0n) is 12.7. The fourth-order valence-corrected chi connectivity index (χ4v) is 2.47. The zero-order valence-corrected chi connectivity index (χ0v) is 12.7. The Morgan fingerprint density at radius 1 is 1.36 bits per heavy atom. The van der Waals surface area contributed by atoms with E-state index in [1.165, 1.54) is 18.2 Å². The summed E-state index contributed by atoms with van der Waals surface area (Å²) in [6, 6.07) is 5.75. The number of halogens is 1. The van der Waals surface area contributed by atoms with Gasteiger partial charge in [0.1, 0.15) is 11.6 Å². The van der Waals surface area contributed by atoms with Gasteiger partial charge in [-0.25, -0.2) is 4.39 Å². The summed E-state index contributed by atoms with van der Waals surface area (Å²) in [4.78, 5) is 25.2. The van der Waals surface area contributed by atoms with Crippen LogP contribution in [0.2, 0.25) is 0 Å². The van der Waals surface area contributed by atoms with Crippen LogP contribution in [-0.2, 0) is 9.59 Å². The zero-order chi connectivity index (χ0) is 15.9. The van der Waals surface area contributed by atoms with E-state index < -0.39 is 5.82 Å². The van der Waals surface area contributed by atoms with Gasteiger partial charge in [0, 0.05) is 31.6 Å². The molecule has 0 spiro atoms. The second-order valence-corrected chi connectivity index (χ2v) is 5.32. The first-order valence-electron chi connectivity index (χ1n) is 7.54. The van der Waals surface area contributed by atoms with Crippen molar-refractivity contribution in [1.29, 1.82) is 0 Å². The second-order valence-electron chi connectivity index (χ2n) is 5.32. The molecule has 1 N–H and O–H groups in total. The summed E-state index contributed by atoms with van der Waals surface area (Å²) >= 11 is 0. The van der Waals surface area contributed by atoms with Crippen LogP contribution in [0, 0.1) is 5.82 Å². The largest absolute Gasteiger partial charge is 0.484 e. The van der Waals surface area contributed by atoms with Crippen LogP contribution in [0.25, 0.3) is 0 Å². The molecule has 0 aromatic heterocycles. The molecule has 5 nitrogen and oxygen atoms in total. The molecule has 22 heavy (non-hydrogen) atoms. The van der Waals surface area contributed by atoms with Crippen molar-refractivity contribution in [3.63, 3.8) is 0 Å². The third-order valence-corrected chi connectivity index (χ3v) is 3.68. The van der Waals surface area contributed by atoms with E-state index in [4.69, 9.17) is 4.74 Å². The van der Waals surface area contributed by atoms with E-state index in [0.29, 0.717) is 25.3 Å². The van der Waals surface area contributed by atoms with Crippen LogP contribution in [0.3, 0.4) is 0 Å². The monoisotopic (exact) mass is 308 g/mol. The predicted octanol–water partition coefficient (Wildman–Crippen LogP) is 1.72. The fraction of sp³-hybridized carbons (Fsp3) is 0.500. The lowest BCUT2D eigenvalue weighted by atomic mass is 10.0. The van der Waals surface area contributed by atoms with Crippen molar-refractivity contribution < 1.29 is 18.7 Å². The number of piperidine rings is 1. The molecule has 1 aliphatic heterocycles. The Bertz CT molecular complexity index is 528. The third kappa shape index (κ3) is 4.72. The highest BCUT2D eigenvalue weighted by molar-refractivity contribution is 5.78. The summed E-state index contributed by atoms with van der Waals surface area (Å²) < 4.78 is 18.2. The number of rotatable bonds is 5. The molecule has 0 radical (unpaired) electrons. The van der Waals surface area contributed by atoms with E-state index in [1.54, 1.807) is 6.07 Å². The lowest BCUT2D eigenvalue weighted by Crippen LogP contribution is -2.47. The van der Waals surface area contributed by atoms with E-state index in [1.807, 2.05) is 11.8 Å². The van der Waals surface area contributed by atoms with Crippen LogP contribution in [0.15, 0.2) is 24.3 Å². The minimum atomic E-state index is -0.397. The molecule has 1 saturated heterocycles. The smallest absolute Gasteiger partial charge is 0.258 e. The molecule has 2 rings (SSSR count). The van der Waals surface area contributed by atoms with Gasteiger partial charge in [-0.3, -0.25) is 9.59 Å². The van der Waals surface area contributed by atoms with Gasteiger partial charge in [0.05, 0.1) is 0 Å². The van der Waals surface area contributed by atoms with Gasteiger partial charge in [-0.15, -0.1) is 0 Å². The number of nitrogens with one attached hydrogen (secondary N) is 1. The summed E-state index contributed by atoms with van der Waals surface area (Å²) in [6.45, 7) is 3.04. The van der Waals surface area contributed by atoms with E-state index in [-0.39, 0.29) is 24.5 Å². The van der Waals surface area contributed by atoms with E-state index >= 15 is 0 Å². The number of carbonyl (C=O) groups excluding carboxylic acids is 2. The number of hydrogen-bond acceptors (Lipinski definition) is 3. The van der Waals surface area contributed by atoms with Crippen LogP contribution in [0.5, 0.6) is 5.75 Å². The van der Waals surface area contributed by atoms with E-state index in [9.17, 15) is 14.0 Å². The van der Waals surface area contributed by atoms with Gasteiger partial charge in [-0.05, 0) is 25.0 Å². The molecule has 1 aliphatic rings. The summed E-state index contributed by atoms with van der Waals surface area (Å²) in [5.74, 6) is -0.145. The van der Waals surface area contributed by atoms with Gasteiger partial charge in [-0.2, -0.15) is 0 Å². The van der Waals surface area contributed by atoms with Crippen molar-refractivity contribution in [3.05, 3.63) is 30.1 Å². The Labute approximate surface area is 129 Å². The minimum absolute atomic E-state index is 0.0597. The van der Waals surface area contributed by atoms with Crippen LogP contribution < -0.4 is 10.1 Å². The molecule has 1 fully saturated rings. The van der Waals surface area contributed by atoms with Gasteiger partial charge in [-0.1, -0.05) is 13.0 Å². The van der Waals surface area contributed by atoms with E-state index in [2.05, 4.69) is 5.32 Å².